The number of hydrogen-bond donors (Lipinski definition) is 3. The number of carbonyl (C=O) groups is 1. The first-order chi connectivity index (χ1) is 12.8. The van der Waals surface area contributed by atoms with Gasteiger partial charge in [0.15, 0.2) is 6.54 Å². The van der Waals surface area contributed by atoms with Crippen LogP contribution < -0.4 is 14.9 Å². The van der Waals surface area contributed by atoms with E-state index in [-0.39, 0.29) is 10.8 Å². The summed E-state index contributed by atoms with van der Waals surface area (Å²) >= 11 is 0. The number of aromatic nitrogens is 1. The average Bonchev–Trinajstić information content (AvgIpc) is 3.24. The summed E-state index contributed by atoms with van der Waals surface area (Å²) in [5.41, 5.74) is 2.37. The summed E-state index contributed by atoms with van der Waals surface area (Å²) in [6.07, 6.45) is 4.19. The third-order valence-electron chi connectivity index (χ3n) is 5.24. The molecule has 0 radical (unpaired) electrons. The van der Waals surface area contributed by atoms with E-state index >= 15 is 0 Å². The van der Waals surface area contributed by atoms with Crippen molar-refractivity contribution in [2.24, 2.45) is 7.05 Å². The molecule has 1 aromatic heterocycles. The Morgan fingerprint density at radius 2 is 2.11 bits per heavy atom. The normalized spacial score (nSPS) is 20.0. The molecule has 146 valence electrons. The zero-order chi connectivity index (χ0) is 19.6. The minimum Gasteiger partial charge on any atom is -0.350 e. The van der Waals surface area contributed by atoms with E-state index in [1.54, 1.807) is 19.1 Å². The second-order valence-corrected chi connectivity index (χ2v) is 8.91. The van der Waals surface area contributed by atoms with Crippen molar-refractivity contribution in [3.8, 4) is 0 Å². The Morgan fingerprint density at radius 3 is 2.78 bits per heavy atom. The predicted molar refractivity (Wildman–Crippen MR) is 104 cm³/mol. The van der Waals surface area contributed by atoms with Gasteiger partial charge in [0.25, 0.3) is 5.91 Å². The number of quaternary nitrogens is 1. The highest BCUT2D eigenvalue weighted by Crippen LogP contribution is 2.21. The fourth-order valence-corrected chi connectivity index (χ4v) is 4.80. The Balaban J connectivity index is 1.71. The molecule has 1 aliphatic heterocycles. The molecule has 3 N–H and O–H groups in total. The molecule has 0 aliphatic carbocycles. The predicted octanol–water partition coefficient (Wildman–Crippen LogP) is 0.600. The minimum absolute atomic E-state index is 0.109. The van der Waals surface area contributed by atoms with Gasteiger partial charge in [0.05, 0.1) is 17.1 Å². The lowest BCUT2D eigenvalue weighted by atomic mass is 10.1. The summed E-state index contributed by atoms with van der Waals surface area (Å²) in [6, 6.07) is 9.40. The Kier molecular flexibility index (Phi) is 5.69. The number of sulfonamides is 1. The van der Waals surface area contributed by atoms with E-state index < -0.39 is 10.0 Å². The first-order valence-corrected chi connectivity index (χ1v) is 10.6. The number of nitrogens with one attached hydrogen (secondary N) is 3. The molecule has 1 fully saturated rings. The highest BCUT2D eigenvalue weighted by molar-refractivity contribution is 7.89. The van der Waals surface area contributed by atoms with E-state index in [2.05, 4.69) is 20.7 Å². The van der Waals surface area contributed by atoms with Crippen LogP contribution in [0.15, 0.2) is 41.4 Å². The molecule has 0 saturated carbocycles. The van der Waals surface area contributed by atoms with Crippen LogP contribution in [0.25, 0.3) is 0 Å². The maximum Gasteiger partial charge on any atom is 0.279 e. The molecule has 27 heavy (non-hydrogen) atoms. The summed E-state index contributed by atoms with van der Waals surface area (Å²) in [4.78, 5) is 14.0. The number of amides is 1. The van der Waals surface area contributed by atoms with Crippen LogP contribution in [0.4, 0.5) is 5.69 Å². The van der Waals surface area contributed by atoms with Crippen molar-refractivity contribution in [2.75, 3.05) is 25.5 Å². The number of rotatable bonds is 6. The first-order valence-electron chi connectivity index (χ1n) is 9.11. The van der Waals surface area contributed by atoms with Crippen molar-refractivity contribution >= 4 is 21.6 Å². The summed E-state index contributed by atoms with van der Waals surface area (Å²) in [5.74, 6) is -0.109. The van der Waals surface area contributed by atoms with Crippen LogP contribution in [0.3, 0.4) is 0 Å². The third-order valence-corrected chi connectivity index (χ3v) is 6.80. The Hall–Kier alpha value is -2.16. The van der Waals surface area contributed by atoms with Crippen molar-refractivity contribution in [2.45, 2.75) is 30.7 Å². The summed E-state index contributed by atoms with van der Waals surface area (Å²) < 4.78 is 28.7. The van der Waals surface area contributed by atoms with Gasteiger partial charge in [0, 0.05) is 31.8 Å². The van der Waals surface area contributed by atoms with Crippen LogP contribution in [0.5, 0.6) is 0 Å². The van der Waals surface area contributed by atoms with Crippen LogP contribution in [-0.4, -0.2) is 39.0 Å². The molecular weight excluding hydrogens is 364 g/mol. The van der Waals surface area contributed by atoms with Gasteiger partial charge in [-0.3, -0.25) is 4.79 Å². The van der Waals surface area contributed by atoms with E-state index in [1.807, 2.05) is 19.3 Å². The second-order valence-electron chi connectivity index (χ2n) is 7.06. The SMILES string of the molecule is CNS(=O)(=O)c1cc(NC(=O)C[NH+]2CCC[C@@H]2c2cccn2C)ccc1C. The average molecular weight is 392 g/mol. The van der Waals surface area contributed by atoms with Gasteiger partial charge in [-0.15, -0.1) is 0 Å². The molecule has 1 aromatic carbocycles. The van der Waals surface area contributed by atoms with Crippen LogP contribution >= 0.6 is 0 Å². The summed E-state index contributed by atoms with van der Waals surface area (Å²) in [7, 11) is -0.157. The molecule has 8 heteroatoms. The number of aryl methyl sites for hydroxylation is 2. The van der Waals surface area contributed by atoms with E-state index in [0.29, 0.717) is 23.8 Å². The molecule has 2 atom stereocenters. The Bertz CT molecular complexity index is 936. The van der Waals surface area contributed by atoms with Crippen molar-refractivity contribution in [3.63, 3.8) is 0 Å². The van der Waals surface area contributed by atoms with Gasteiger partial charge in [-0.05, 0) is 43.8 Å². The second kappa shape index (κ2) is 7.84. The molecular formula is C19H27N4O3S+. The van der Waals surface area contributed by atoms with Crippen LogP contribution in [0.2, 0.25) is 0 Å². The maximum absolute atomic E-state index is 12.6. The number of anilines is 1. The topological polar surface area (TPSA) is 84.6 Å². The highest BCUT2D eigenvalue weighted by Gasteiger charge is 2.33. The molecule has 3 rings (SSSR count). The standard InChI is InChI=1S/C19H26N4O3S/c1-14-8-9-15(12-18(14)27(25,26)20-2)21-19(24)13-23-11-5-7-17(23)16-6-4-10-22(16)3/h4,6,8-10,12,17,20H,5,7,11,13H2,1-3H3,(H,21,24)/p+1/t17-/m1/s1. The highest BCUT2D eigenvalue weighted by atomic mass is 32.2. The number of nitrogens with zero attached hydrogens (tertiary/aromatic N) is 1. The van der Waals surface area contributed by atoms with Gasteiger partial charge in [0.1, 0.15) is 6.04 Å². The fourth-order valence-electron chi connectivity index (χ4n) is 3.81. The largest absolute Gasteiger partial charge is 0.350 e. The van der Waals surface area contributed by atoms with Gasteiger partial charge in [-0.25, -0.2) is 13.1 Å². The lowest BCUT2D eigenvalue weighted by Gasteiger charge is -2.21. The van der Waals surface area contributed by atoms with Crippen molar-refractivity contribution in [3.05, 3.63) is 47.8 Å². The van der Waals surface area contributed by atoms with Gasteiger partial charge in [-0.1, -0.05) is 6.07 Å². The number of benzene rings is 1. The first kappa shape index (κ1) is 19.6. The maximum atomic E-state index is 12.6. The zero-order valence-corrected chi connectivity index (χ0v) is 16.8. The number of hydrogen-bond acceptors (Lipinski definition) is 3. The van der Waals surface area contributed by atoms with E-state index in [0.717, 1.165) is 19.4 Å². The van der Waals surface area contributed by atoms with Crippen LogP contribution in [0.1, 0.15) is 30.1 Å². The smallest absolute Gasteiger partial charge is 0.279 e. The molecule has 0 spiro atoms. The van der Waals surface area contributed by atoms with Crippen LogP contribution in [-0.2, 0) is 21.9 Å². The minimum atomic E-state index is -3.56. The van der Waals surface area contributed by atoms with Crippen LogP contribution in [0, 0.1) is 6.92 Å². The number of likely N-dealkylation sites (tertiary alicyclic amines) is 1. The fraction of sp³-hybridized carbons (Fsp3) is 0.421. The van der Waals surface area contributed by atoms with Crippen molar-refractivity contribution in [1.29, 1.82) is 0 Å². The molecule has 7 nitrogen and oxygen atoms in total. The number of carbonyl (C=O) groups excluding carboxylic acids is 1. The molecule has 1 aliphatic rings. The molecule has 1 amide bonds. The monoisotopic (exact) mass is 391 g/mol. The quantitative estimate of drug-likeness (QED) is 0.674. The van der Waals surface area contributed by atoms with Crippen molar-refractivity contribution in [1.82, 2.24) is 9.29 Å². The molecule has 2 aromatic rings. The van der Waals surface area contributed by atoms with Gasteiger partial charge in [-0.2, -0.15) is 0 Å². The summed E-state index contributed by atoms with van der Waals surface area (Å²) in [5, 5.41) is 2.85. The third kappa shape index (κ3) is 4.23. The zero-order valence-electron chi connectivity index (χ0n) is 16.0. The molecule has 2 heterocycles. The van der Waals surface area contributed by atoms with Crippen molar-refractivity contribution < 1.29 is 18.1 Å². The summed E-state index contributed by atoms with van der Waals surface area (Å²) in [6.45, 7) is 3.04. The van der Waals surface area contributed by atoms with E-state index in [4.69, 9.17) is 0 Å². The molecule has 1 unspecified atom stereocenters. The van der Waals surface area contributed by atoms with Gasteiger partial charge >= 0.3 is 0 Å². The van der Waals surface area contributed by atoms with Gasteiger partial charge in [0.2, 0.25) is 10.0 Å². The Labute approximate surface area is 160 Å². The Morgan fingerprint density at radius 1 is 1.33 bits per heavy atom. The lowest BCUT2D eigenvalue weighted by Crippen LogP contribution is -3.11. The van der Waals surface area contributed by atoms with Gasteiger partial charge < -0.3 is 14.8 Å². The molecule has 1 saturated heterocycles. The van der Waals surface area contributed by atoms with E-state index in [9.17, 15) is 13.2 Å². The van der Waals surface area contributed by atoms with E-state index in [1.165, 1.54) is 23.7 Å². The molecule has 0 bridgehead atoms. The lowest BCUT2D eigenvalue weighted by molar-refractivity contribution is -0.910.